The minimum atomic E-state index is -0.195. The van der Waals surface area contributed by atoms with Crippen LogP contribution in [-0.2, 0) is 0 Å². The number of aromatic hydroxyl groups is 1. The molecule has 1 fully saturated rings. The molecule has 0 bridgehead atoms. The first-order chi connectivity index (χ1) is 8.13. The number of aliphatic hydroxyl groups excluding tert-OH is 1. The molecule has 1 aliphatic heterocycles. The molecule has 4 heteroatoms. The first-order valence-corrected chi connectivity index (χ1v) is 5.85. The number of amides is 1. The number of nitrogens with zero attached hydrogens (tertiary/aromatic N) is 1. The van der Waals surface area contributed by atoms with E-state index in [0.29, 0.717) is 12.1 Å². The van der Waals surface area contributed by atoms with Crippen LogP contribution in [0.2, 0.25) is 0 Å². The minimum absolute atomic E-state index is 0.0126. The molecule has 1 saturated heterocycles. The van der Waals surface area contributed by atoms with Gasteiger partial charge in [0.25, 0.3) is 5.91 Å². The summed E-state index contributed by atoms with van der Waals surface area (Å²) in [5.74, 6) is -0.183. The molecule has 1 amide bonds. The van der Waals surface area contributed by atoms with Gasteiger partial charge in [-0.2, -0.15) is 0 Å². The Balaban J connectivity index is 2.24. The van der Waals surface area contributed by atoms with Crippen molar-refractivity contribution in [1.82, 2.24) is 4.90 Å². The number of phenols is 1. The van der Waals surface area contributed by atoms with Gasteiger partial charge in [0.1, 0.15) is 5.75 Å². The molecule has 0 aromatic heterocycles. The van der Waals surface area contributed by atoms with E-state index < -0.39 is 0 Å². The van der Waals surface area contributed by atoms with Crippen LogP contribution < -0.4 is 0 Å². The highest BCUT2D eigenvalue weighted by Gasteiger charge is 2.29. The summed E-state index contributed by atoms with van der Waals surface area (Å²) >= 11 is 0. The normalized spacial score (nSPS) is 19.6. The van der Waals surface area contributed by atoms with Crippen molar-refractivity contribution in [2.24, 2.45) is 0 Å². The molecular weight excluding hydrogens is 218 g/mol. The highest BCUT2D eigenvalue weighted by Crippen LogP contribution is 2.25. The third kappa shape index (κ3) is 2.26. The van der Waals surface area contributed by atoms with Gasteiger partial charge in [-0.05, 0) is 37.5 Å². The lowest BCUT2D eigenvalue weighted by Crippen LogP contribution is -2.37. The van der Waals surface area contributed by atoms with Gasteiger partial charge in [0.15, 0.2) is 0 Å². The van der Waals surface area contributed by atoms with Gasteiger partial charge in [-0.1, -0.05) is 6.07 Å². The Morgan fingerprint density at radius 1 is 1.53 bits per heavy atom. The SMILES string of the molecule is Cc1ccc(C(=O)N2CCC[C@H]2CO)c(O)c1. The van der Waals surface area contributed by atoms with Crippen molar-refractivity contribution >= 4 is 5.91 Å². The Morgan fingerprint density at radius 2 is 2.29 bits per heavy atom. The zero-order valence-electron chi connectivity index (χ0n) is 9.89. The maximum atomic E-state index is 12.2. The molecule has 1 aliphatic rings. The topological polar surface area (TPSA) is 60.8 Å². The average molecular weight is 235 g/mol. The second-order valence-electron chi connectivity index (χ2n) is 4.50. The van der Waals surface area contributed by atoms with Crippen molar-refractivity contribution in [3.63, 3.8) is 0 Å². The van der Waals surface area contributed by atoms with Gasteiger partial charge in [-0.15, -0.1) is 0 Å². The predicted octanol–water partition coefficient (Wildman–Crippen LogP) is 1.30. The van der Waals surface area contributed by atoms with Crippen molar-refractivity contribution in [1.29, 1.82) is 0 Å². The van der Waals surface area contributed by atoms with Gasteiger partial charge < -0.3 is 15.1 Å². The summed E-state index contributed by atoms with van der Waals surface area (Å²) in [4.78, 5) is 13.8. The zero-order chi connectivity index (χ0) is 12.4. The third-order valence-electron chi connectivity index (χ3n) is 3.23. The summed E-state index contributed by atoms with van der Waals surface area (Å²) in [5, 5.41) is 19.0. The van der Waals surface area contributed by atoms with Crippen LogP contribution in [0, 0.1) is 6.92 Å². The van der Waals surface area contributed by atoms with Crippen LogP contribution in [0.3, 0.4) is 0 Å². The fraction of sp³-hybridized carbons (Fsp3) is 0.462. The number of carbonyl (C=O) groups is 1. The summed E-state index contributed by atoms with van der Waals surface area (Å²) in [6, 6.07) is 4.91. The molecule has 4 nitrogen and oxygen atoms in total. The molecule has 1 heterocycles. The van der Waals surface area contributed by atoms with Crippen LogP contribution in [0.1, 0.15) is 28.8 Å². The standard InChI is InChI=1S/C13H17NO3/c1-9-4-5-11(12(16)7-9)13(17)14-6-2-3-10(14)8-15/h4-5,7,10,15-16H,2-3,6,8H2,1H3/t10-/m0/s1. The molecule has 1 atom stereocenters. The zero-order valence-corrected chi connectivity index (χ0v) is 9.89. The van der Waals surface area contributed by atoms with Crippen molar-refractivity contribution in [2.75, 3.05) is 13.2 Å². The fourth-order valence-electron chi connectivity index (χ4n) is 2.27. The van der Waals surface area contributed by atoms with E-state index in [4.69, 9.17) is 0 Å². The van der Waals surface area contributed by atoms with Crippen molar-refractivity contribution in [3.8, 4) is 5.75 Å². The number of likely N-dealkylation sites (tertiary alicyclic amines) is 1. The van der Waals surface area contributed by atoms with Gasteiger partial charge in [-0.3, -0.25) is 4.79 Å². The smallest absolute Gasteiger partial charge is 0.257 e. The lowest BCUT2D eigenvalue weighted by Gasteiger charge is -2.23. The van der Waals surface area contributed by atoms with Gasteiger partial charge >= 0.3 is 0 Å². The van der Waals surface area contributed by atoms with E-state index in [2.05, 4.69) is 0 Å². The second kappa shape index (κ2) is 4.75. The Labute approximate surface area is 100 Å². The molecule has 1 aromatic carbocycles. The molecule has 17 heavy (non-hydrogen) atoms. The van der Waals surface area contributed by atoms with Crippen molar-refractivity contribution < 1.29 is 15.0 Å². The first kappa shape index (κ1) is 11.9. The number of phenolic OH excluding ortho intramolecular Hbond substituents is 1. The van der Waals surface area contributed by atoms with E-state index >= 15 is 0 Å². The fourth-order valence-corrected chi connectivity index (χ4v) is 2.27. The summed E-state index contributed by atoms with van der Waals surface area (Å²) in [6.07, 6.45) is 1.73. The Kier molecular flexibility index (Phi) is 3.33. The minimum Gasteiger partial charge on any atom is -0.507 e. The summed E-state index contributed by atoms with van der Waals surface area (Å²) in [6.45, 7) is 2.50. The van der Waals surface area contributed by atoms with E-state index in [0.717, 1.165) is 18.4 Å². The molecule has 0 unspecified atom stereocenters. The van der Waals surface area contributed by atoms with Crippen LogP contribution in [0.25, 0.3) is 0 Å². The van der Waals surface area contributed by atoms with Gasteiger partial charge in [0.2, 0.25) is 0 Å². The first-order valence-electron chi connectivity index (χ1n) is 5.85. The summed E-state index contributed by atoms with van der Waals surface area (Å²) < 4.78 is 0. The van der Waals surface area contributed by atoms with E-state index in [9.17, 15) is 15.0 Å². The molecule has 0 aliphatic carbocycles. The van der Waals surface area contributed by atoms with Gasteiger partial charge in [-0.25, -0.2) is 0 Å². The Bertz CT molecular complexity index is 431. The number of carbonyl (C=O) groups excluding carboxylic acids is 1. The number of rotatable bonds is 2. The van der Waals surface area contributed by atoms with E-state index in [-0.39, 0.29) is 24.3 Å². The molecule has 1 aromatic rings. The molecule has 0 saturated carbocycles. The average Bonchev–Trinajstić information content (AvgIpc) is 2.76. The third-order valence-corrected chi connectivity index (χ3v) is 3.23. The quantitative estimate of drug-likeness (QED) is 0.812. The molecule has 92 valence electrons. The lowest BCUT2D eigenvalue weighted by molar-refractivity contribution is 0.0674. The van der Waals surface area contributed by atoms with Crippen LogP contribution in [0.4, 0.5) is 0 Å². The number of aryl methyl sites for hydroxylation is 1. The highest BCUT2D eigenvalue weighted by molar-refractivity contribution is 5.97. The lowest BCUT2D eigenvalue weighted by atomic mass is 10.1. The van der Waals surface area contributed by atoms with Crippen LogP contribution in [0.5, 0.6) is 5.75 Å². The molecular formula is C13H17NO3. The largest absolute Gasteiger partial charge is 0.507 e. The van der Waals surface area contributed by atoms with Gasteiger partial charge in [0, 0.05) is 6.54 Å². The van der Waals surface area contributed by atoms with Crippen LogP contribution in [-0.4, -0.2) is 40.2 Å². The van der Waals surface area contributed by atoms with Crippen LogP contribution in [0.15, 0.2) is 18.2 Å². The highest BCUT2D eigenvalue weighted by atomic mass is 16.3. The number of hydrogen-bond donors (Lipinski definition) is 2. The molecule has 2 rings (SSSR count). The molecule has 0 radical (unpaired) electrons. The van der Waals surface area contributed by atoms with E-state index in [1.807, 2.05) is 6.92 Å². The maximum Gasteiger partial charge on any atom is 0.257 e. The van der Waals surface area contributed by atoms with Crippen LogP contribution >= 0.6 is 0 Å². The monoisotopic (exact) mass is 235 g/mol. The Hall–Kier alpha value is -1.55. The molecule has 0 spiro atoms. The van der Waals surface area contributed by atoms with Crippen molar-refractivity contribution in [2.45, 2.75) is 25.8 Å². The molecule has 2 N–H and O–H groups in total. The number of aliphatic hydroxyl groups is 1. The van der Waals surface area contributed by atoms with E-state index in [1.54, 1.807) is 23.1 Å². The maximum absolute atomic E-state index is 12.2. The Morgan fingerprint density at radius 3 is 2.94 bits per heavy atom. The van der Waals surface area contributed by atoms with Crippen molar-refractivity contribution in [3.05, 3.63) is 29.3 Å². The second-order valence-corrected chi connectivity index (χ2v) is 4.50. The summed E-state index contributed by atoms with van der Waals surface area (Å²) in [7, 11) is 0. The predicted molar refractivity (Wildman–Crippen MR) is 64.0 cm³/mol. The summed E-state index contributed by atoms with van der Waals surface area (Å²) in [5.41, 5.74) is 1.23. The number of benzene rings is 1. The van der Waals surface area contributed by atoms with E-state index in [1.165, 1.54) is 0 Å². The van der Waals surface area contributed by atoms with Gasteiger partial charge in [0.05, 0.1) is 18.2 Å². The number of hydrogen-bond acceptors (Lipinski definition) is 3.